The molecule has 1 amide bonds. The molecule has 1 aromatic rings. The molecule has 0 unspecified atom stereocenters. The first-order chi connectivity index (χ1) is 7.77. The lowest BCUT2D eigenvalue weighted by Gasteiger charge is -2.35. The topological polar surface area (TPSA) is 44.1 Å². The van der Waals surface area contributed by atoms with E-state index in [1.54, 1.807) is 4.90 Å². The minimum Gasteiger partial charge on any atom is -0.283 e. The minimum atomic E-state index is -0.682. The van der Waals surface area contributed by atoms with Crippen LogP contribution in [0.15, 0.2) is 29.2 Å². The highest BCUT2D eigenvalue weighted by molar-refractivity contribution is 8.01. The van der Waals surface area contributed by atoms with Crippen molar-refractivity contribution in [3.8, 4) is 6.07 Å². The van der Waals surface area contributed by atoms with Crippen LogP contribution >= 0.6 is 11.8 Å². The molecule has 1 fully saturated rings. The first-order valence-electron chi connectivity index (χ1n) is 5.29. The standard InChI is InChI=1S/C12H10N2OS/c13-8-12-7-3-6-11(15)14(12)9-4-1-2-5-10(9)16-12/h1-2,4-5H,3,6-7H2/t12-/m1/s1. The molecule has 0 bridgehead atoms. The molecule has 0 aromatic heterocycles. The van der Waals surface area contributed by atoms with Crippen molar-refractivity contribution in [2.75, 3.05) is 4.90 Å². The van der Waals surface area contributed by atoms with Crippen LogP contribution in [0.25, 0.3) is 0 Å². The van der Waals surface area contributed by atoms with Gasteiger partial charge in [0.15, 0.2) is 4.87 Å². The first-order valence-corrected chi connectivity index (χ1v) is 6.11. The van der Waals surface area contributed by atoms with Crippen molar-refractivity contribution in [3.05, 3.63) is 24.3 Å². The van der Waals surface area contributed by atoms with Crippen LogP contribution in [-0.4, -0.2) is 10.8 Å². The number of fused-ring (bicyclic) bond motifs is 3. The Labute approximate surface area is 98.0 Å². The molecule has 16 heavy (non-hydrogen) atoms. The van der Waals surface area contributed by atoms with Crippen LogP contribution in [0.5, 0.6) is 0 Å². The number of rotatable bonds is 0. The summed E-state index contributed by atoms with van der Waals surface area (Å²) in [6.45, 7) is 0. The van der Waals surface area contributed by atoms with Crippen molar-refractivity contribution >= 4 is 23.4 Å². The van der Waals surface area contributed by atoms with E-state index in [0.717, 1.165) is 23.4 Å². The van der Waals surface area contributed by atoms with Crippen LogP contribution in [0, 0.1) is 11.3 Å². The summed E-state index contributed by atoms with van der Waals surface area (Å²) in [5.41, 5.74) is 0.902. The van der Waals surface area contributed by atoms with Gasteiger partial charge in [-0.15, -0.1) is 0 Å². The second-order valence-electron chi connectivity index (χ2n) is 4.05. The number of para-hydroxylation sites is 1. The fraction of sp³-hybridized carbons (Fsp3) is 0.333. The third-order valence-corrected chi connectivity index (χ3v) is 4.46. The Bertz CT molecular complexity index is 508. The highest BCUT2D eigenvalue weighted by Gasteiger charge is 2.50. The maximum atomic E-state index is 12.0. The number of thioether (sulfide) groups is 1. The van der Waals surface area contributed by atoms with Gasteiger partial charge in [0.05, 0.1) is 5.69 Å². The number of carbonyl (C=O) groups excluding carboxylic acids is 1. The maximum absolute atomic E-state index is 12.0. The zero-order chi connectivity index (χ0) is 11.2. The predicted molar refractivity (Wildman–Crippen MR) is 62.0 cm³/mol. The molecule has 2 aliphatic heterocycles. The van der Waals surface area contributed by atoms with Gasteiger partial charge in [0, 0.05) is 11.3 Å². The van der Waals surface area contributed by atoms with E-state index in [4.69, 9.17) is 0 Å². The number of piperidine rings is 1. The number of nitriles is 1. The second-order valence-corrected chi connectivity index (χ2v) is 5.37. The van der Waals surface area contributed by atoms with Crippen LogP contribution in [0.4, 0.5) is 5.69 Å². The molecule has 0 saturated carbocycles. The van der Waals surface area contributed by atoms with Crippen molar-refractivity contribution in [3.63, 3.8) is 0 Å². The quantitative estimate of drug-likeness (QED) is 0.688. The lowest BCUT2D eigenvalue weighted by Crippen LogP contribution is -2.49. The lowest BCUT2D eigenvalue weighted by atomic mass is 10.0. The Morgan fingerprint density at radius 3 is 3.06 bits per heavy atom. The average molecular weight is 230 g/mol. The Morgan fingerprint density at radius 1 is 1.44 bits per heavy atom. The number of nitrogens with zero attached hydrogens (tertiary/aromatic N) is 2. The van der Waals surface area contributed by atoms with Gasteiger partial charge in [-0.1, -0.05) is 23.9 Å². The van der Waals surface area contributed by atoms with Crippen molar-refractivity contribution < 1.29 is 4.79 Å². The Kier molecular flexibility index (Phi) is 1.98. The predicted octanol–water partition coefficient (Wildman–Crippen LogP) is 2.53. The van der Waals surface area contributed by atoms with Gasteiger partial charge >= 0.3 is 0 Å². The molecule has 1 aromatic carbocycles. The van der Waals surface area contributed by atoms with Gasteiger partial charge in [-0.25, -0.2) is 0 Å². The molecule has 4 heteroatoms. The first kappa shape index (κ1) is 9.73. The zero-order valence-corrected chi connectivity index (χ0v) is 9.46. The van der Waals surface area contributed by atoms with Gasteiger partial charge in [0.1, 0.15) is 6.07 Å². The van der Waals surface area contributed by atoms with Crippen LogP contribution < -0.4 is 4.90 Å². The summed E-state index contributed by atoms with van der Waals surface area (Å²) in [5.74, 6) is 0.0743. The largest absolute Gasteiger partial charge is 0.283 e. The Hall–Kier alpha value is -1.47. The Balaban J connectivity index is 2.17. The van der Waals surface area contributed by atoms with Crippen molar-refractivity contribution in [2.45, 2.75) is 29.0 Å². The summed E-state index contributed by atoms with van der Waals surface area (Å²) in [7, 11) is 0. The monoisotopic (exact) mass is 230 g/mol. The van der Waals surface area contributed by atoms with Gasteiger partial charge in [0.2, 0.25) is 5.91 Å². The van der Waals surface area contributed by atoms with Crippen molar-refractivity contribution in [1.82, 2.24) is 0 Å². The smallest absolute Gasteiger partial charge is 0.229 e. The number of amides is 1. The van der Waals surface area contributed by atoms with Crippen LogP contribution in [0.1, 0.15) is 19.3 Å². The number of anilines is 1. The van der Waals surface area contributed by atoms with Crippen LogP contribution in [-0.2, 0) is 4.79 Å². The minimum absolute atomic E-state index is 0.0743. The molecule has 0 aliphatic carbocycles. The van der Waals surface area contributed by atoms with Gasteiger partial charge in [-0.2, -0.15) is 5.26 Å². The van der Waals surface area contributed by atoms with E-state index in [9.17, 15) is 10.1 Å². The summed E-state index contributed by atoms with van der Waals surface area (Å²) in [6.07, 6.45) is 2.12. The normalized spacial score (nSPS) is 27.2. The molecule has 2 heterocycles. The van der Waals surface area contributed by atoms with E-state index in [0.29, 0.717) is 6.42 Å². The van der Waals surface area contributed by atoms with Crippen molar-refractivity contribution in [1.29, 1.82) is 5.26 Å². The lowest BCUT2D eigenvalue weighted by molar-refractivity contribution is -0.120. The van der Waals surface area contributed by atoms with E-state index in [1.165, 1.54) is 11.8 Å². The third kappa shape index (κ3) is 1.12. The van der Waals surface area contributed by atoms with E-state index in [2.05, 4.69) is 6.07 Å². The summed E-state index contributed by atoms with van der Waals surface area (Å²) in [5, 5.41) is 9.38. The maximum Gasteiger partial charge on any atom is 0.229 e. The summed E-state index contributed by atoms with van der Waals surface area (Å²) < 4.78 is 0. The molecule has 0 N–H and O–H groups in total. The molecule has 2 aliphatic rings. The third-order valence-electron chi connectivity index (χ3n) is 3.08. The number of hydrogen-bond donors (Lipinski definition) is 0. The highest BCUT2D eigenvalue weighted by Crippen LogP contribution is 2.54. The van der Waals surface area contributed by atoms with Gasteiger partial charge in [-0.3, -0.25) is 9.69 Å². The van der Waals surface area contributed by atoms with E-state index in [1.807, 2.05) is 24.3 Å². The van der Waals surface area contributed by atoms with Crippen molar-refractivity contribution in [2.24, 2.45) is 0 Å². The highest BCUT2D eigenvalue weighted by atomic mass is 32.2. The number of hydrogen-bond acceptors (Lipinski definition) is 3. The number of benzene rings is 1. The fourth-order valence-corrected chi connectivity index (χ4v) is 3.73. The molecule has 1 atom stereocenters. The zero-order valence-electron chi connectivity index (χ0n) is 8.64. The molecule has 1 saturated heterocycles. The van der Waals surface area contributed by atoms with E-state index < -0.39 is 4.87 Å². The van der Waals surface area contributed by atoms with E-state index >= 15 is 0 Å². The molecular weight excluding hydrogens is 220 g/mol. The van der Waals surface area contributed by atoms with Gasteiger partial charge < -0.3 is 0 Å². The molecular formula is C12H10N2OS. The molecule has 0 radical (unpaired) electrons. The molecule has 0 spiro atoms. The summed E-state index contributed by atoms with van der Waals surface area (Å²) in [4.78, 5) is 14.0. The number of carbonyl (C=O) groups is 1. The van der Waals surface area contributed by atoms with Gasteiger partial charge in [-0.05, 0) is 25.0 Å². The molecule has 80 valence electrons. The summed E-state index contributed by atoms with van der Waals surface area (Å²) in [6, 6.07) is 10.1. The SMILES string of the molecule is N#C[C@]12CCCC(=O)N1c1ccccc1S2. The Morgan fingerprint density at radius 2 is 2.25 bits per heavy atom. The average Bonchev–Trinajstić information content (AvgIpc) is 2.65. The second kappa shape index (κ2) is 3.26. The molecule has 3 rings (SSSR count). The summed E-state index contributed by atoms with van der Waals surface area (Å²) >= 11 is 1.52. The van der Waals surface area contributed by atoms with Gasteiger partial charge in [0.25, 0.3) is 0 Å². The van der Waals surface area contributed by atoms with Crippen LogP contribution in [0.3, 0.4) is 0 Å². The fourth-order valence-electron chi connectivity index (χ4n) is 2.37. The van der Waals surface area contributed by atoms with Crippen LogP contribution in [0.2, 0.25) is 0 Å². The van der Waals surface area contributed by atoms with E-state index in [-0.39, 0.29) is 5.91 Å². The molecule has 3 nitrogen and oxygen atoms in total.